The van der Waals surface area contributed by atoms with Gasteiger partial charge in [-0.25, -0.2) is 18.1 Å². The molecule has 8 rings (SSSR count). The van der Waals surface area contributed by atoms with Crippen molar-refractivity contribution >= 4 is 55.5 Å². The fraction of sp³-hybridized carbons (Fsp3) is 0.391. The van der Waals surface area contributed by atoms with E-state index in [-0.39, 0.29) is 27.3 Å². The van der Waals surface area contributed by atoms with E-state index in [0.717, 1.165) is 93.4 Å². The number of piperazine rings is 1. The molecule has 0 unspecified atom stereocenters. The van der Waals surface area contributed by atoms with Gasteiger partial charge >= 0.3 is 0 Å². The molecule has 0 bridgehead atoms. The molecule has 0 radical (unpaired) electrons. The predicted molar refractivity (Wildman–Crippen MR) is 237 cm³/mol. The third-order valence-corrected chi connectivity index (χ3v) is 13.9. The average molecular weight is 867 g/mol. The van der Waals surface area contributed by atoms with Crippen molar-refractivity contribution in [1.29, 1.82) is 0 Å². The number of aryl methyl sites for hydroxylation is 1. The zero-order valence-electron chi connectivity index (χ0n) is 34.5. The molecule has 3 aromatic carbocycles. The number of amides is 1. The van der Waals surface area contributed by atoms with Gasteiger partial charge in [-0.15, -0.1) is 0 Å². The molecule has 2 N–H and O–H groups in total. The highest BCUT2D eigenvalue weighted by molar-refractivity contribution is 7.90. The predicted octanol–water partition coefficient (Wildman–Crippen LogP) is 9.18. The number of nitro benzene ring substituents is 1. The number of hydrogen-bond donors (Lipinski definition) is 2. The molecule has 2 saturated heterocycles. The maximum Gasteiger partial charge on any atom is 0.273 e. The van der Waals surface area contributed by atoms with Crippen molar-refractivity contribution < 1.29 is 27.6 Å². The Morgan fingerprint density at radius 2 is 1.80 bits per heavy atom. The number of rotatable bonds is 13. The maximum atomic E-state index is 13.9. The number of allylic oxidation sites excluding steroid dienone is 1. The number of ether oxygens (including phenoxy) is 2. The molecule has 2 aromatic heterocycles. The number of pyridine rings is 1. The summed E-state index contributed by atoms with van der Waals surface area (Å²) in [6, 6.07) is 20.7. The number of carbonyl (C=O) groups excluding carboxylic acids is 1. The van der Waals surface area contributed by atoms with Gasteiger partial charge in [0.1, 0.15) is 17.1 Å². The van der Waals surface area contributed by atoms with E-state index in [4.69, 9.17) is 21.1 Å². The highest BCUT2D eigenvalue weighted by atomic mass is 35.5. The fourth-order valence-corrected chi connectivity index (χ4v) is 9.81. The molecule has 1 aliphatic carbocycles. The van der Waals surface area contributed by atoms with Gasteiger partial charge in [-0.05, 0) is 110 Å². The third kappa shape index (κ3) is 10.1. The summed E-state index contributed by atoms with van der Waals surface area (Å²) in [5.74, 6) is -0.0513. The summed E-state index contributed by atoms with van der Waals surface area (Å²) in [5.41, 5.74) is 5.95. The third-order valence-electron chi connectivity index (χ3n) is 12.3. The summed E-state index contributed by atoms with van der Waals surface area (Å²) in [6.07, 6.45) is 9.44. The SMILES string of the molecule is CC1(C)CCC(CN2CCN(c3ccc(C(=O)NS(=O)(=O)c4ccc(CCC5CCOCC5)c([N+](=O)[O-])c4)c(Oc4cnc5[nH]ccc5c4)c3)CC2)=C(c2ccc(Cl)cc2)C1. The van der Waals surface area contributed by atoms with Crippen LogP contribution in [0.4, 0.5) is 11.4 Å². The lowest BCUT2D eigenvalue weighted by Crippen LogP contribution is -2.47. The first kappa shape index (κ1) is 42.4. The first-order valence-corrected chi connectivity index (χ1v) is 22.8. The lowest BCUT2D eigenvalue weighted by molar-refractivity contribution is -0.385. The quantitative estimate of drug-likeness (QED) is 0.0863. The summed E-state index contributed by atoms with van der Waals surface area (Å²) in [4.78, 5) is 37.3. The van der Waals surface area contributed by atoms with Crippen molar-refractivity contribution in [3.63, 3.8) is 0 Å². The Bertz CT molecular complexity index is 2560. The van der Waals surface area contributed by atoms with Gasteiger partial charge in [0, 0.05) is 85.9 Å². The smallest absolute Gasteiger partial charge is 0.273 e. The van der Waals surface area contributed by atoms with Gasteiger partial charge in [-0.3, -0.25) is 19.8 Å². The number of H-pyrrole nitrogens is 1. The Balaban J connectivity index is 1.00. The molecule has 2 aliphatic heterocycles. The number of aromatic amines is 1. The first-order valence-electron chi connectivity index (χ1n) is 20.9. The van der Waals surface area contributed by atoms with E-state index < -0.39 is 20.9 Å². The number of aromatic nitrogens is 2. The molecule has 2 fully saturated rings. The number of sulfonamides is 1. The standard InChI is InChI=1S/C46H51ClN6O7S/c1-46(2)17-13-35(41(28-46)32-5-8-36(47)9-6-32)30-51-19-21-52(22-20-51)37-10-12-40(43(26-37)60-38-25-34-14-18-48-44(34)49-29-38)45(54)50-61(57,58)39-11-7-33(42(27-39)53(55)56)4-3-31-15-23-59-24-16-31/h5-12,14,18,25-27,29,31H,3-4,13,15-17,19-24,28,30H2,1-2H3,(H,48,49)(H,50,54). The van der Waals surface area contributed by atoms with Crippen LogP contribution in [0.1, 0.15) is 73.9 Å². The Hall–Kier alpha value is -5.28. The molecule has 3 aliphatic rings. The zero-order chi connectivity index (χ0) is 42.7. The normalized spacial score (nSPS) is 17.7. The Morgan fingerprint density at radius 3 is 2.56 bits per heavy atom. The van der Waals surface area contributed by atoms with E-state index in [9.17, 15) is 23.3 Å². The molecule has 15 heteroatoms. The molecule has 0 saturated carbocycles. The molecule has 61 heavy (non-hydrogen) atoms. The van der Waals surface area contributed by atoms with E-state index in [1.165, 1.54) is 35.0 Å². The Morgan fingerprint density at radius 1 is 1.03 bits per heavy atom. The van der Waals surface area contributed by atoms with Crippen LogP contribution in [0.25, 0.3) is 16.6 Å². The van der Waals surface area contributed by atoms with Crippen molar-refractivity contribution in [3.8, 4) is 11.5 Å². The Labute approximate surface area is 361 Å². The van der Waals surface area contributed by atoms with Crippen LogP contribution in [0.15, 0.2) is 95.7 Å². The number of carbonyl (C=O) groups is 1. The van der Waals surface area contributed by atoms with Crippen LogP contribution < -0.4 is 14.4 Å². The van der Waals surface area contributed by atoms with E-state index in [1.807, 2.05) is 18.2 Å². The average Bonchev–Trinajstić information content (AvgIpc) is 3.72. The molecule has 0 atom stereocenters. The van der Waals surface area contributed by atoms with Gasteiger partial charge in [-0.1, -0.05) is 49.2 Å². The van der Waals surface area contributed by atoms with Gasteiger partial charge in [0.2, 0.25) is 0 Å². The highest BCUT2D eigenvalue weighted by Gasteiger charge is 2.31. The van der Waals surface area contributed by atoms with Crippen molar-refractivity contribution in [2.45, 2.75) is 63.7 Å². The van der Waals surface area contributed by atoms with Crippen molar-refractivity contribution in [3.05, 3.63) is 123 Å². The monoisotopic (exact) mass is 866 g/mol. The second-order valence-corrected chi connectivity index (χ2v) is 19.3. The van der Waals surface area contributed by atoms with Crippen molar-refractivity contribution in [2.24, 2.45) is 11.3 Å². The van der Waals surface area contributed by atoms with Crippen LogP contribution >= 0.6 is 11.6 Å². The van der Waals surface area contributed by atoms with Gasteiger partial charge in [-0.2, -0.15) is 0 Å². The summed E-state index contributed by atoms with van der Waals surface area (Å²) in [5, 5.41) is 13.6. The summed E-state index contributed by atoms with van der Waals surface area (Å²) in [7, 11) is -4.52. The van der Waals surface area contributed by atoms with Crippen LogP contribution in [0.2, 0.25) is 5.02 Å². The van der Waals surface area contributed by atoms with E-state index >= 15 is 0 Å². The van der Waals surface area contributed by atoms with Gasteiger partial charge in [0.25, 0.3) is 21.6 Å². The number of benzene rings is 3. The number of nitrogens with zero attached hydrogens (tertiary/aromatic N) is 4. The highest BCUT2D eigenvalue weighted by Crippen LogP contribution is 2.43. The number of nitrogens with one attached hydrogen (secondary N) is 2. The van der Waals surface area contributed by atoms with Crippen LogP contribution in [-0.2, 0) is 21.2 Å². The number of anilines is 1. The van der Waals surface area contributed by atoms with Crippen LogP contribution in [0.5, 0.6) is 11.5 Å². The number of fused-ring (bicyclic) bond motifs is 1. The Kier molecular flexibility index (Phi) is 12.5. The lowest BCUT2D eigenvalue weighted by atomic mass is 9.72. The minimum absolute atomic E-state index is 0.0235. The minimum Gasteiger partial charge on any atom is -0.455 e. The molecule has 5 aromatic rings. The van der Waals surface area contributed by atoms with Gasteiger partial charge in [0.05, 0.1) is 21.6 Å². The van der Waals surface area contributed by atoms with Crippen LogP contribution in [0.3, 0.4) is 0 Å². The summed E-state index contributed by atoms with van der Waals surface area (Å²) in [6.45, 7) is 10.0. The van der Waals surface area contributed by atoms with Crippen molar-refractivity contribution in [1.82, 2.24) is 19.6 Å². The molecular formula is C46H51ClN6O7S. The second kappa shape index (κ2) is 18.0. The maximum absolute atomic E-state index is 13.9. The fourth-order valence-electron chi connectivity index (χ4n) is 8.70. The molecule has 4 heterocycles. The van der Waals surface area contributed by atoms with E-state index in [2.05, 4.69) is 50.5 Å². The topological polar surface area (TPSA) is 160 Å². The van der Waals surface area contributed by atoms with E-state index in [1.54, 1.807) is 30.5 Å². The number of hydrogen-bond acceptors (Lipinski definition) is 10. The zero-order valence-corrected chi connectivity index (χ0v) is 36.1. The van der Waals surface area contributed by atoms with Gasteiger partial charge < -0.3 is 19.4 Å². The van der Waals surface area contributed by atoms with Crippen molar-refractivity contribution in [2.75, 3.05) is 50.8 Å². The van der Waals surface area contributed by atoms with Crippen LogP contribution in [0, 0.1) is 21.4 Å². The summed E-state index contributed by atoms with van der Waals surface area (Å²) >= 11 is 6.24. The number of nitro groups is 1. The van der Waals surface area contributed by atoms with Crippen LogP contribution in [-0.4, -0.2) is 80.1 Å². The lowest BCUT2D eigenvalue weighted by Gasteiger charge is -2.39. The van der Waals surface area contributed by atoms with E-state index in [0.29, 0.717) is 42.5 Å². The first-order chi connectivity index (χ1) is 29.3. The number of halogens is 1. The molecule has 320 valence electrons. The largest absolute Gasteiger partial charge is 0.455 e. The molecular weight excluding hydrogens is 816 g/mol. The second-order valence-electron chi connectivity index (χ2n) is 17.1. The molecule has 1 amide bonds. The van der Waals surface area contributed by atoms with Gasteiger partial charge in [0.15, 0.2) is 0 Å². The molecule has 0 spiro atoms. The molecule has 13 nitrogen and oxygen atoms in total. The summed E-state index contributed by atoms with van der Waals surface area (Å²) < 4.78 is 41.3. The minimum atomic E-state index is -4.52.